The topological polar surface area (TPSA) is 46.6 Å². The molecule has 0 unspecified atom stereocenters. The van der Waals surface area contributed by atoms with E-state index in [9.17, 15) is 9.59 Å². The van der Waals surface area contributed by atoms with Crippen LogP contribution in [0.2, 0.25) is 0 Å². The molecular weight excluding hydrogens is 206 g/mol. The molecule has 4 heteroatoms. The van der Waals surface area contributed by atoms with E-state index in [1.54, 1.807) is 11.9 Å². The maximum absolute atomic E-state index is 12.3. The number of nitrogens with zero attached hydrogens (tertiary/aromatic N) is 1. The maximum atomic E-state index is 12.3. The van der Waals surface area contributed by atoms with Crippen LogP contribution in [0.4, 0.5) is 0 Å². The van der Waals surface area contributed by atoms with Crippen molar-refractivity contribution in [1.29, 1.82) is 0 Å². The Morgan fingerprint density at radius 1 is 1.62 bits per heavy atom. The summed E-state index contributed by atoms with van der Waals surface area (Å²) < 4.78 is 4.86. The van der Waals surface area contributed by atoms with Crippen molar-refractivity contribution < 1.29 is 14.3 Å². The lowest BCUT2D eigenvalue weighted by molar-refractivity contribution is -0.166. The van der Waals surface area contributed by atoms with Gasteiger partial charge in [0.05, 0.1) is 7.11 Å². The van der Waals surface area contributed by atoms with Gasteiger partial charge in [-0.1, -0.05) is 11.6 Å². The fourth-order valence-corrected chi connectivity index (χ4v) is 2.98. The number of methoxy groups -OCH3 is 1. The third-order valence-electron chi connectivity index (χ3n) is 3.95. The molecule has 2 aliphatic rings. The minimum atomic E-state index is -1.03. The van der Waals surface area contributed by atoms with Crippen molar-refractivity contribution >= 4 is 11.9 Å². The standard InChI is InChI=1S/C12H17NO3/c1-8-4-5-9-6-7-13(2)10(14)12(8,9)11(15)16-3/h4,9H,5-7H2,1-3H3/t9-,12+/m1/s1. The number of carbonyl (C=O) groups is 2. The van der Waals surface area contributed by atoms with E-state index in [-0.39, 0.29) is 11.8 Å². The normalized spacial score (nSPS) is 33.4. The summed E-state index contributed by atoms with van der Waals surface area (Å²) in [6.45, 7) is 2.58. The van der Waals surface area contributed by atoms with E-state index in [0.717, 1.165) is 25.0 Å². The average molecular weight is 223 g/mol. The van der Waals surface area contributed by atoms with Crippen LogP contribution in [0.15, 0.2) is 11.6 Å². The highest BCUT2D eigenvalue weighted by molar-refractivity contribution is 6.07. The summed E-state index contributed by atoms with van der Waals surface area (Å²) in [5.41, 5.74) is -0.178. The van der Waals surface area contributed by atoms with E-state index in [1.165, 1.54) is 7.11 Å². The van der Waals surface area contributed by atoms with Gasteiger partial charge in [0.2, 0.25) is 5.91 Å². The second-order valence-corrected chi connectivity index (χ2v) is 4.63. The molecule has 0 aromatic carbocycles. The molecular formula is C12H17NO3. The van der Waals surface area contributed by atoms with E-state index in [1.807, 2.05) is 13.0 Å². The fraction of sp³-hybridized carbons (Fsp3) is 0.667. The number of piperidine rings is 1. The van der Waals surface area contributed by atoms with Gasteiger partial charge in [-0.05, 0) is 25.7 Å². The second-order valence-electron chi connectivity index (χ2n) is 4.63. The molecule has 4 nitrogen and oxygen atoms in total. The fourth-order valence-electron chi connectivity index (χ4n) is 2.98. The molecule has 0 bridgehead atoms. The van der Waals surface area contributed by atoms with Gasteiger partial charge in [-0.2, -0.15) is 0 Å². The van der Waals surface area contributed by atoms with Crippen LogP contribution in [-0.4, -0.2) is 37.5 Å². The number of carbonyl (C=O) groups excluding carboxylic acids is 2. The maximum Gasteiger partial charge on any atom is 0.325 e. The summed E-state index contributed by atoms with van der Waals surface area (Å²) in [6, 6.07) is 0. The summed E-state index contributed by atoms with van der Waals surface area (Å²) in [7, 11) is 3.09. The summed E-state index contributed by atoms with van der Waals surface area (Å²) in [5, 5.41) is 0. The van der Waals surface area contributed by atoms with Crippen molar-refractivity contribution in [2.75, 3.05) is 20.7 Å². The molecule has 1 amide bonds. The first-order valence-electron chi connectivity index (χ1n) is 5.56. The summed E-state index contributed by atoms with van der Waals surface area (Å²) in [5.74, 6) is -0.425. The second kappa shape index (κ2) is 3.61. The van der Waals surface area contributed by atoms with Crippen LogP contribution in [-0.2, 0) is 14.3 Å². The molecule has 16 heavy (non-hydrogen) atoms. The Hall–Kier alpha value is -1.32. The largest absolute Gasteiger partial charge is 0.468 e. The Balaban J connectivity index is 2.50. The molecule has 0 aromatic heterocycles. The zero-order valence-corrected chi connectivity index (χ0v) is 9.95. The number of likely N-dealkylation sites (tertiary alicyclic amines) is 1. The Morgan fingerprint density at radius 2 is 2.31 bits per heavy atom. The minimum absolute atomic E-state index is 0.0867. The van der Waals surface area contributed by atoms with E-state index in [0.29, 0.717) is 0 Å². The Labute approximate surface area is 95.2 Å². The monoisotopic (exact) mass is 223 g/mol. The van der Waals surface area contributed by atoms with Gasteiger partial charge in [0.1, 0.15) is 0 Å². The molecule has 1 fully saturated rings. The Kier molecular flexibility index (Phi) is 2.52. The van der Waals surface area contributed by atoms with Gasteiger partial charge in [0, 0.05) is 13.6 Å². The van der Waals surface area contributed by atoms with Crippen LogP contribution in [0.25, 0.3) is 0 Å². The third kappa shape index (κ3) is 1.16. The van der Waals surface area contributed by atoms with Crippen LogP contribution in [0.1, 0.15) is 19.8 Å². The van der Waals surface area contributed by atoms with Crippen molar-refractivity contribution in [3.63, 3.8) is 0 Å². The lowest BCUT2D eigenvalue weighted by Gasteiger charge is -2.41. The number of ether oxygens (including phenoxy) is 1. The number of amides is 1. The van der Waals surface area contributed by atoms with Gasteiger partial charge in [-0.25, -0.2) is 0 Å². The molecule has 0 radical (unpaired) electrons. The molecule has 1 aliphatic carbocycles. The SMILES string of the molecule is COC(=O)[C@]12C(=O)N(C)CC[C@H]1CC=C2C. The van der Waals surface area contributed by atoms with Gasteiger partial charge < -0.3 is 9.64 Å². The molecule has 2 rings (SSSR count). The highest BCUT2D eigenvalue weighted by Crippen LogP contribution is 2.49. The van der Waals surface area contributed by atoms with Gasteiger partial charge in [-0.3, -0.25) is 9.59 Å². The summed E-state index contributed by atoms with van der Waals surface area (Å²) >= 11 is 0. The van der Waals surface area contributed by atoms with Crippen molar-refractivity contribution in [2.45, 2.75) is 19.8 Å². The quantitative estimate of drug-likeness (QED) is 0.378. The predicted octanol–water partition coefficient (Wildman–Crippen LogP) is 0.974. The van der Waals surface area contributed by atoms with Crippen molar-refractivity contribution in [3.05, 3.63) is 11.6 Å². The number of esters is 1. The average Bonchev–Trinajstić information content (AvgIpc) is 2.62. The molecule has 0 N–H and O–H groups in total. The number of hydrogen-bond donors (Lipinski definition) is 0. The molecule has 88 valence electrons. The lowest BCUT2D eigenvalue weighted by atomic mass is 9.69. The van der Waals surface area contributed by atoms with Crippen LogP contribution in [0.5, 0.6) is 0 Å². The molecule has 1 aliphatic heterocycles. The Morgan fingerprint density at radius 3 is 2.94 bits per heavy atom. The van der Waals surface area contributed by atoms with E-state index in [2.05, 4.69) is 0 Å². The number of allylic oxidation sites excluding steroid dienone is 1. The molecule has 0 spiro atoms. The number of hydrogen-bond acceptors (Lipinski definition) is 3. The third-order valence-corrected chi connectivity index (χ3v) is 3.95. The first kappa shape index (κ1) is 11.2. The lowest BCUT2D eigenvalue weighted by Crippen LogP contribution is -2.55. The molecule has 1 heterocycles. The first-order chi connectivity index (χ1) is 7.55. The highest BCUT2D eigenvalue weighted by atomic mass is 16.5. The van der Waals surface area contributed by atoms with Crippen LogP contribution in [0, 0.1) is 11.3 Å². The highest BCUT2D eigenvalue weighted by Gasteiger charge is 2.59. The molecule has 1 saturated heterocycles. The summed E-state index contributed by atoms with van der Waals surface area (Å²) in [4.78, 5) is 26.0. The number of fused-ring (bicyclic) bond motifs is 1. The zero-order valence-electron chi connectivity index (χ0n) is 9.95. The van der Waals surface area contributed by atoms with Gasteiger partial charge >= 0.3 is 5.97 Å². The van der Waals surface area contributed by atoms with Gasteiger partial charge in [-0.15, -0.1) is 0 Å². The van der Waals surface area contributed by atoms with Gasteiger partial charge in [0.25, 0.3) is 0 Å². The van der Waals surface area contributed by atoms with Crippen LogP contribution < -0.4 is 0 Å². The van der Waals surface area contributed by atoms with Crippen LogP contribution in [0.3, 0.4) is 0 Å². The smallest absolute Gasteiger partial charge is 0.325 e. The van der Waals surface area contributed by atoms with Crippen molar-refractivity contribution in [2.24, 2.45) is 11.3 Å². The predicted molar refractivity (Wildman–Crippen MR) is 58.6 cm³/mol. The zero-order chi connectivity index (χ0) is 11.9. The van der Waals surface area contributed by atoms with E-state index in [4.69, 9.17) is 4.74 Å². The minimum Gasteiger partial charge on any atom is -0.468 e. The van der Waals surface area contributed by atoms with E-state index >= 15 is 0 Å². The van der Waals surface area contributed by atoms with Crippen molar-refractivity contribution in [1.82, 2.24) is 4.90 Å². The first-order valence-corrected chi connectivity index (χ1v) is 5.56. The van der Waals surface area contributed by atoms with Gasteiger partial charge in [0.15, 0.2) is 5.41 Å². The summed E-state index contributed by atoms with van der Waals surface area (Å²) in [6.07, 6.45) is 3.67. The van der Waals surface area contributed by atoms with Crippen molar-refractivity contribution in [3.8, 4) is 0 Å². The Bertz CT molecular complexity index is 374. The van der Waals surface area contributed by atoms with E-state index < -0.39 is 11.4 Å². The molecule has 0 aromatic rings. The number of rotatable bonds is 1. The molecule has 0 saturated carbocycles. The molecule has 2 atom stereocenters. The van der Waals surface area contributed by atoms with Crippen LogP contribution >= 0.6 is 0 Å².